The molecule has 4 rings (SSSR count). The van der Waals surface area contributed by atoms with E-state index < -0.39 is 5.97 Å². The van der Waals surface area contributed by atoms with Crippen LogP contribution in [0.25, 0.3) is 33.3 Å². The molecule has 0 aliphatic carbocycles. The summed E-state index contributed by atoms with van der Waals surface area (Å²) in [6.45, 7) is 0. The van der Waals surface area contributed by atoms with Gasteiger partial charge in [-0.15, -0.1) is 0 Å². The second-order valence-electron chi connectivity index (χ2n) is 5.66. The first-order chi connectivity index (χ1) is 12.5. The van der Waals surface area contributed by atoms with Crippen LogP contribution in [-0.4, -0.2) is 23.2 Å². The molecule has 5 nitrogen and oxygen atoms in total. The van der Waals surface area contributed by atoms with E-state index in [0.717, 1.165) is 0 Å². The van der Waals surface area contributed by atoms with E-state index in [-0.39, 0.29) is 5.56 Å². The number of carboxylic acid groups (broad SMARTS) is 1. The number of hydrogen-bond donors (Lipinski definition) is 1. The Labute approximate surface area is 157 Å². The Hall–Kier alpha value is -2.76. The largest absolute Gasteiger partial charge is 0.497 e. The van der Waals surface area contributed by atoms with Crippen molar-refractivity contribution in [3.05, 3.63) is 58.1 Å². The summed E-state index contributed by atoms with van der Waals surface area (Å²) in [7, 11) is 1.52. The quantitative estimate of drug-likeness (QED) is 0.490. The van der Waals surface area contributed by atoms with Crippen molar-refractivity contribution in [2.45, 2.75) is 0 Å². The first kappa shape index (κ1) is 16.7. The number of rotatable bonds is 3. The molecule has 0 amide bonds. The highest BCUT2D eigenvalue weighted by atomic mass is 35.5. The van der Waals surface area contributed by atoms with Crippen LogP contribution in [0, 0.1) is 0 Å². The number of pyridine rings is 1. The zero-order chi connectivity index (χ0) is 18.4. The number of benzene rings is 2. The summed E-state index contributed by atoms with van der Waals surface area (Å²) in [5.74, 6) is -0.104. The fourth-order valence-corrected chi connectivity index (χ4v) is 3.38. The van der Waals surface area contributed by atoms with Gasteiger partial charge >= 0.3 is 5.97 Å². The van der Waals surface area contributed by atoms with Crippen LogP contribution < -0.4 is 4.74 Å². The lowest BCUT2D eigenvalue weighted by atomic mass is 10.1. The van der Waals surface area contributed by atoms with Gasteiger partial charge in [-0.1, -0.05) is 23.2 Å². The predicted molar refractivity (Wildman–Crippen MR) is 100 cm³/mol. The smallest absolute Gasteiger partial charge is 0.336 e. The van der Waals surface area contributed by atoms with Gasteiger partial charge in [0.05, 0.1) is 23.2 Å². The minimum absolute atomic E-state index is 0.105. The first-order valence-electron chi connectivity index (χ1n) is 7.57. The van der Waals surface area contributed by atoms with Gasteiger partial charge in [-0.2, -0.15) is 0 Å². The second kappa shape index (κ2) is 6.20. The Kier molecular flexibility index (Phi) is 3.98. The molecule has 0 radical (unpaired) electrons. The third kappa shape index (κ3) is 2.75. The molecule has 0 aliphatic heterocycles. The van der Waals surface area contributed by atoms with Crippen LogP contribution in [-0.2, 0) is 0 Å². The van der Waals surface area contributed by atoms with Gasteiger partial charge in [-0.05, 0) is 42.5 Å². The summed E-state index contributed by atoms with van der Waals surface area (Å²) in [5, 5.41) is 11.7. The van der Waals surface area contributed by atoms with E-state index in [1.165, 1.54) is 13.2 Å². The summed E-state index contributed by atoms with van der Waals surface area (Å²) >= 11 is 12.2. The van der Waals surface area contributed by atoms with Crippen LogP contribution >= 0.6 is 23.2 Å². The van der Waals surface area contributed by atoms with Gasteiger partial charge in [-0.3, -0.25) is 0 Å². The summed E-state index contributed by atoms with van der Waals surface area (Å²) < 4.78 is 11.0. The highest BCUT2D eigenvalue weighted by Crippen LogP contribution is 2.35. The highest BCUT2D eigenvalue weighted by Gasteiger charge is 2.17. The lowest BCUT2D eigenvalue weighted by Crippen LogP contribution is -2.00. The minimum atomic E-state index is -1.07. The van der Waals surface area contributed by atoms with Crippen molar-refractivity contribution >= 4 is 51.0 Å². The molecule has 0 bridgehead atoms. The zero-order valence-electron chi connectivity index (χ0n) is 13.4. The number of hydrogen-bond acceptors (Lipinski definition) is 4. The van der Waals surface area contributed by atoms with Gasteiger partial charge in [0.1, 0.15) is 11.4 Å². The Morgan fingerprint density at radius 2 is 1.96 bits per heavy atom. The number of carboxylic acids is 1. The Bertz CT molecular complexity index is 1180. The van der Waals surface area contributed by atoms with Gasteiger partial charge in [-0.25, -0.2) is 9.78 Å². The van der Waals surface area contributed by atoms with Crippen LogP contribution in [0.2, 0.25) is 10.0 Å². The van der Waals surface area contributed by atoms with Gasteiger partial charge in [0.15, 0.2) is 11.3 Å². The van der Waals surface area contributed by atoms with Gasteiger partial charge in [0, 0.05) is 15.8 Å². The molecule has 0 atom stereocenters. The fraction of sp³-hybridized carbons (Fsp3) is 0.0526. The number of methoxy groups -OCH3 is 1. The minimum Gasteiger partial charge on any atom is -0.497 e. The maximum absolute atomic E-state index is 11.7. The number of aromatic carboxylic acids is 1. The maximum atomic E-state index is 11.7. The molecule has 26 heavy (non-hydrogen) atoms. The maximum Gasteiger partial charge on any atom is 0.336 e. The van der Waals surface area contributed by atoms with Crippen LogP contribution in [0.1, 0.15) is 10.4 Å². The summed E-state index contributed by atoms with van der Waals surface area (Å²) in [6, 6.07) is 11.6. The normalized spacial score (nSPS) is 11.2. The molecule has 0 fully saturated rings. The second-order valence-corrected chi connectivity index (χ2v) is 6.50. The number of nitrogens with zero attached hydrogens (tertiary/aromatic N) is 1. The molecule has 7 heteroatoms. The SMILES string of the molecule is COc1ccc2nc(-c3cc4cc(Cl)cc(Cl)c4o3)cc(C(=O)O)c2c1. The average molecular weight is 388 g/mol. The topological polar surface area (TPSA) is 72.6 Å². The summed E-state index contributed by atoms with van der Waals surface area (Å²) in [4.78, 5) is 16.3. The van der Waals surface area contributed by atoms with Crippen LogP contribution in [0.4, 0.5) is 0 Å². The van der Waals surface area contributed by atoms with Crippen molar-refractivity contribution in [3.63, 3.8) is 0 Å². The molecule has 2 aromatic carbocycles. The molecule has 0 unspecified atom stereocenters. The number of furan rings is 1. The Morgan fingerprint density at radius 3 is 2.69 bits per heavy atom. The van der Waals surface area contributed by atoms with Crippen molar-refractivity contribution in [3.8, 4) is 17.2 Å². The predicted octanol–water partition coefficient (Wildman–Crippen LogP) is 5.66. The highest BCUT2D eigenvalue weighted by molar-refractivity contribution is 6.38. The standard InChI is InChI=1S/C19H11Cl2NO4/c1-25-11-2-3-15-12(7-11)13(19(23)24)8-16(22-15)17-5-9-4-10(20)6-14(21)18(9)26-17/h2-8H,1H3,(H,23,24). The molecular weight excluding hydrogens is 377 g/mol. The Morgan fingerprint density at radius 1 is 1.15 bits per heavy atom. The monoisotopic (exact) mass is 387 g/mol. The van der Waals surface area contributed by atoms with Crippen molar-refractivity contribution in [1.29, 1.82) is 0 Å². The van der Waals surface area contributed by atoms with Crippen molar-refractivity contribution in [2.24, 2.45) is 0 Å². The van der Waals surface area contributed by atoms with Crippen molar-refractivity contribution in [1.82, 2.24) is 4.98 Å². The number of carbonyl (C=O) groups is 1. The van der Waals surface area contributed by atoms with E-state index in [9.17, 15) is 9.90 Å². The summed E-state index contributed by atoms with van der Waals surface area (Å²) in [5.41, 5.74) is 1.49. The first-order valence-corrected chi connectivity index (χ1v) is 8.33. The zero-order valence-corrected chi connectivity index (χ0v) is 14.9. The number of aromatic nitrogens is 1. The molecule has 0 aliphatic rings. The molecule has 130 valence electrons. The third-order valence-corrected chi connectivity index (χ3v) is 4.53. The molecule has 4 aromatic rings. The van der Waals surface area contributed by atoms with Crippen LogP contribution in [0.15, 0.2) is 46.9 Å². The molecule has 2 aromatic heterocycles. The molecule has 1 N–H and O–H groups in total. The molecule has 2 heterocycles. The molecular formula is C19H11Cl2NO4. The fourth-order valence-electron chi connectivity index (χ4n) is 2.84. The van der Waals surface area contributed by atoms with Crippen molar-refractivity contribution < 1.29 is 19.1 Å². The number of ether oxygens (including phenoxy) is 1. The molecule has 0 spiro atoms. The van der Waals surface area contributed by atoms with Gasteiger partial charge in [0.2, 0.25) is 0 Å². The van der Waals surface area contributed by atoms with E-state index in [0.29, 0.717) is 49.1 Å². The number of halogens is 2. The number of fused-ring (bicyclic) bond motifs is 2. The summed E-state index contributed by atoms with van der Waals surface area (Å²) in [6.07, 6.45) is 0. The van der Waals surface area contributed by atoms with Gasteiger partial charge in [0.25, 0.3) is 0 Å². The van der Waals surface area contributed by atoms with E-state index in [1.807, 2.05) is 0 Å². The van der Waals surface area contributed by atoms with E-state index in [1.54, 1.807) is 36.4 Å². The van der Waals surface area contributed by atoms with E-state index in [4.69, 9.17) is 32.4 Å². The lowest BCUT2D eigenvalue weighted by Gasteiger charge is -2.07. The van der Waals surface area contributed by atoms with E-state index in [2.05, 4.69) is 4.98 Å². The van der Waals surface area contributed by atoms with Crippen LogP contribution in [0.3, 0.4) is 0 Å². The third-order valence-electron chi connectivity index (χ3n) is 4.03. The van der Waals surface area contributed by atoms with Crippen LogP contribution in [0.5, 0.6) is 5.75 Å². The lowest BCUT2D eigenvalue weighted by molar-refractivity contribution is 0.0699. The van der Waals surface area contributed by atoms with Gasteiger partial charge < -0.3 is 14.3 Å². The van der Waals surface area contributed by atoms with E-state index >= 15 is 0 Å². The molecule has 0 saturated carbocycles. The molecule has 0 saturated heterocycles. The average Bonchev–Trinajstić information content (AvgIpc) is 3.04. The Balaban J connectivity index is 1.97. The van der Waals surface area contributed by atoms with Crippen molar-refractivity contribution in [2.75, 3.05) is 7.11 Å².